The summed E-state index contributed by atoms with van der Waals surface area (Å²) in [5.41, 5.74) is 0.834. The van der Waals surface area contributed by atoms with Crippen LogP contribution in [0.3, 0.4) is 0 Å². The monoisotopic (exact) mass is 290 g/mol. The first-order chi connectivity index (χ1) is 8.02. The van der Waals surface area contributed by atoms with E-state index in [2.05, 4.69) is 8.75 Å². The Bertz CT molecular complexity index is 639. The molecule has 0 saturated heterocycles. The van der Waals surface area contributed by atoms with Gasteiger partial charge in [0.25, 0.3) is 9.05 Å². The molecule has 2 rings (SSSR count). The zero-order valence-electron chi connectivity index (χ0n) is 8.62. The molecule has 0 aliphatic rings. The normalized spacial score (nSPS) is 11.4. The van der Waals surface area contributed by atoms with Crippen LogP contribution in [0.15, 0.2) is 29.3 Å². The van der Waals surface area contributed by atoms with Crippen molar-refractivity contribution in [2.75, 3.05) is 7.11 Å². The summed E-state index contributed by atoms with van der Waals surface area (Å²) in [6, 6.07) is 6.86. The number of methoxy groups -OCH3 is 1. The van der Waals surface area contributed by atoms with Gasteiger partial charge in [0.05, 0.1) is 18.8 Å². The summed E-state index contributed by atoms with van der Waals surface area (Å²) in [5.74, 6) is 0.605. The minimum absolute atomic E-state index is 0.225. The summed E-state index contributed by atoms with van der Waals surface area (Å²) in [6.45, 7) is 0. The maximum absolute atomic E-state index is 11.3. The van der Waals surface area contributed by atoms with Crippen molar-refractivity contribution in [3.8, 4) is 17.0 Å². The summed E-state index contributed by atoms with van der Waals surface area (Å²) >= 11 is 0.797. The summed E-state index contributed by atoms with van der Waals surface area (Å²) in [7, 11) is 2.91. The van der Waals surface area contributed by atoms with Gasteiger partial charge in [0.15, 0.2) is 0 Å². The molecule has 0 aliphatic heterocycles. The molecule has 0 bridgehead atoms. The summed E-state index contributed by atoms with van der Waals surface area (Å²) < 4.78 is 35.2. The predicted molar refractivity (Wildman–Crippen MR) is 64.9 cm³/mol. The molecule has 0 atom stereocenters. The van der Waals surface area contributed by atoms with Crippen LogP contribution in [0.2, 0.25) is 0 Å². The number of halogens is 1. The molecule has 1 aromatic heterocycles. The van der Waals surface area contributed by atoms with Gasteiger partial charge in [-0.2, -0.15) is 8.75 Å². The molecule has 0 spiro atoms. The third kappa shape index (κ3) is 2.56. The Morgan fingerprint density at radius 3 is 2.76 bits per heavy atom. The molecule has 8 heteroatoms. The highest BCUT2D eigenvalue weighted by atomic mass is 35.7. The Kier molecular flexibility index (Phi) is 3.32. The van der Waals surface area contributed by atoms with Crippen molar-refractivity contribution in [1.29, 1.82) is 0 Å². The summed E-state index contributed by atoms with van der Waals surface area (Å²) in [4.78, 5) is 0. The van der Waals surface area contributed by atoms with Gasteiger partial charge in [-0.25, -0.2) is 8.42 Å². The Balaban J connectivity index is 2.57. The fourth-order valence-corrected chi connectivity index (χ4v) is 3.14. The fraction of sp³-hybridized carbons (Fsp3) is 0.111. The van der Waals surface area contributed by atoms with Gasteiger partial charge in [0.1, 0.15) is 11.4 Å². The molecule has 0 N–H and O–H groups in total. The number of ether oxygens (including phenoxy) is 1. The number of nitrogens with zero attached hydrogens (tertiary/aromatic N) is 2. The number of aromatic nitrogens is 2. The smallest absolute Gasteiger partial charge is 0.282 e. The van der Waals surface area contributed by atoms with E-state index in [0.717, 1.165) is 11.7 Å². The van der Waals surface area contributed by atoms with Crippen molar-refractivity contribution in [2.45, 2.75) is 5.03 Å². The van der Waals surface area contributed by atoms with Crippen LogP contribution in [0.1, 0.15) is 0 Å². The van der Waals surface area contributed by atoms with Gasteiger partial charge in [0.2, 0.25) is 5.03 Å². The molecule has 0 aliphatic carbocycles. The second kappa shape index (κ2) is 4.59. The van der Waals surface area contributed by atoms with Gasteiger partial charge < -0.3 is 4.74 Å². The lowest BCUT2D eigenvalue weighted by Crippen LogP contribution is -1.94. The van der Waals surface area contributed by atoms with Gasteiger partial charge in [-0.3, -0.25) is 0 Å². The van der Waals surface area contributed by atoms with Crippen LogP contribution in [0.25, 0.3) is 11.3 Å². The first kappa shape index (κ1) is 12.3. The van der Waals surface area contributed by atoms with Gasteiger partial charge in [-0.15, -0.1) is 0 Å². The summed E-state index contributed by atoms with van der Waals surface area (Å²) in [5, 5.41) is -0.225. The van der Waals surface area contributed by atoms with E-state index in [0.29, 0.717) is 11.3 Å². The molecule has 0 unspecified atom stereocenters. The average Bonchev–Trinajstić information content (AvgIpc) is 2.77. The largest absolute Gasteiger partial charge is 0.497 e. The number of hydrogen-bond donors (Lipinski definition) is 0. The molecule has 1 aromatic carbocycles. The zero-order valence-corrected chi connectivity index (χ0v) is 11.0. The van der Waals surface area contributed by atoms with Crippen LogP contribution in [-0.2, 0) is 9.05 Å². The van der Waals surface area contributed by atoms with Crippen LogP contribution in [0, 0.1) is 0 Å². The topological polar surface area (TPSA) is 69.2 Å². The van der Waals surface area contributed by atoms with E-state index >= 15 is 0 Å². The van der Waals surface area contributed by atoms with E-state index in [1.54, 1.807) is 24.3 Å². The van der Waals surface area contributed by atoms with E-state index in [1.807, 2.05) is 0 Å². The number of benzene rings is 1. The fourth-order valence-electron chi connectivity index (χ4n) is 1.29. The van der Waals surface area contributed by atoms with Crippen LogP contribution < -0.4 is 4.74 Å². The molecule has 0 radical (unpaired) electrons. The highest BCUT2D eigenvalue weighted by Gasteiger charge is 2.22. The van der Waals surface area contributed by atoms with Crippen molar-refractivity contribution >= 4 is 31.5 Å². The quantitative estimate of drug-likeness (QED) is 0.810. The van der Waals surface area contributed by atoms with E-state index in [4.69, 9.17) is 15.4 Å². The van der Waals surface area contributed by atoms with E-state index in [1.165, 1.54) is 7.11 Å². The number of hydrogen-bond acceptors (Lipinski definition) is 6. The van der Waals surface area contributed by atoms with Gasteiger partial charge in [0, 0.05) is 16.2 Å². The van der Waals surface area contributed by atoms with Gasteiger partial charge in [-0.05, 0) is 12.1 Å². The molecule has 0 fully saturated rings. The third-order valence-electron chi connectivity index (χ3n) is 2.03. The zero-order chi connectivity index (χ0) is 12.5. The Morgan fingerprint density at radius 2 is 2.12 bits per heavy atom. The molecule has 0 amide bonds. The van der Waals surface area contributed by atoms with Gasteiger partial charge >= 0.3 is 0 Å². The second-order valence-electron chi connectivity index (χ2n) is 3.09. The SMILES string of the molecule is COc1cccc(-c2nsnc2S(=O)(=O)Cl)c1. The predicted octanol–water partition coefficient (Wildman–Crippen LogP) is 2.14. The standard InChI is InChI=1S/C9H7ClN2O3S2/c1-15-7-4-2-3-6(5-7)8-9(12-16-11-8)17(10,13)14/h2-5H,1H3. The molecule has 17 heavy (non-hydrogen) atoms. The minimum Gasteiger partial charge on any atom is -0.497 e. The van der Waals surface area contributed by atoms with Crippen LogP contribution in [-0.4, -0.2) is 24.3 Å². The van der Waals surface area contributed by atoms with Crippen molar-refractivity contribution in [3.05, 3.63) is 24.3 Å². The molecule has 5 nitrogen and oxygen atoms in total. The maximum Gasteiger partial charge on any atom is 0.282 e. The number of rotatable bonds is 3. The Labute approximate surface area is 107 Å². The van der Waals surface area contributed by atoms with E-state index in [9.17, 15) is 8.42 Å². The molecule has 90 valence electrons. The lowest BCUT2D eigenvalue weighted by Gasteiger charge is -2.02. The van der Waals surface area contributed by atoms with Crippen LogP contribution in [0.4, 0.5) is 0 Å². The van der Waals surface area contributed by atoms with Crippen molar-refractivity contribution in [1.82, 2.24) is 8.75 Å². The highest BCUT2D eigenvalue weighted by Crippen LogP contribution is 2.29. The molecular weight excluding hydrogens is 284 g/mol. The lowest BCUT2D eigenvalue weighted by atomic mass is 10.1. The lowest BCUT2D eigenvalue weighted by molar-refractivity contribution is 0.415. The average molecular weight is 291 g/mol. The Hall–Kier alpha value is -1.18. The summed E-state index contributed by atoms with van der Waals surface area (Å²) in [6.07, 6.45) is 0. The van der Waals surface area contributed by atoms with Crippen molar-refractivity contribution < 1.29 is 13.2 Å². The molecule has 0 saturated carbocycles. The molecule has 2 aromatic rings. The van der Waals surface area contributed by atoms with Crippen molar-refractivity contribution in [2.24, 2.45) is 0 Å². The molecule has 1 heterocycles. The Morgan fingerprint density at radius 1 is 1.35 bits per heavy atom. The van der Waals surface area contributed by atoms with E-state index in [-0.39, 0.29) is 10.7 Å². The maximum atomic E-state index is 11.3. The minimum atomic E-state index is -3.89. The first-order valence-corrected chi connectivity index (χ1v) is 7.48. The van der Waals surface area contributed by atoms with E-state index < -0.39 is 9.05 Å². The highest BCUT2D eigenvalue weighted by molar-refractivity contribution is 8.13. The van der Waals surface area contributed by atoms with Gasteiger partial charge in [-0.1, -0.05) is 12.1 Å². The van der Waals surface area contributed by atoms with Crippen LogP contribution in [0.5, 0.6) is 5.75 Å². The second-order valence-corrected chi connectivity index (χ2v) is 6.10. The first-order valence-electron chi connectivity index (χ1n) is 4.44. The molecular formula is C9H7ClN2O3S2. The third-order valence-corrected chi connectivity index (χ3v) is 3.86. The van der Waals surface area contributed by atoms with Crippen LogP contribution >= 0.6 is 22.4 Å². The van der Waals surface area contributed by atoms with Crippen molar-refractivity contribution in [3.63, 3.8) is 0 Å².